The summed E-state index contributed by atoms with van der Waals surface area (Å²) in [5.74, 6) is -0.421. The average molecular weight is 363 g/mol. The summed E-state index contributed by atoms with van der Waals surface area (Å²) >= 11 is 0. The summed E-state index contributed by atoms with van der Waals surface area (Å²) in [5.41, 5.74) is 2.60. The second-order valence-corrected chi connectivity index (χ2v) is 6.31. The van der Waals surface area contributed by atoms with Gasteiger partial charge in [0.1, 0.15) is 6.04 Å². The SMILES string of the molecule is CC(=O)Nc1cccc(NC(=O)[C@H]2CC(=O)Nc3nc4ccccc4n32)c1. The molecule has 0 bridgehead atoms. The van der Waals surface area contributed by atoms with E-state index in [-0.39, 0.29) is 24.1 Å². The fourth-order valence-corrected chi connectivity index (χ4v) is 3.20. The van der Waals surface area contributed by atoms with E-state index in [2.05, 4.69) is 20.9 Å². The van der Waals surface area contributed by atoms with Gasteiger partial charge in [-0.3, -0.25) is 24.3 Å². The molecule has 27 heavy (non-hydrogen) atoms. The Balaban J connectivity index is 1.65. The number of fused-ring (bicyclic) bond motifs is 3. The molecule has 0 fully saturated rings. The Hall–Kier alpha value is -3.68. The topological polar surface area (TPSA) is 105 Å². The number of carbonyl (C=O) groups is 3. The van der Waals surface area contributed by atoms with Crippen molar-refractivity contribution in [2.75, 3.05) is 16.0 Å². The van der Waals surface area contributed by atoms with Gasteiger partial charge in [-0.25, -0.2) is 4.98 Å². The van der Waals surface area contributed by atoms with Crippen LogP contribution in [0.3, 0.4) is 0 Å². The minimum Gasteiger partial charge on any atom is -0.326 e. The maximum Gasteiger partial charge on any atom is 0.248 e. The Morgan fingerprint density at radius 3 is 2.63 bits per heavy atom. The Kier molecular flexibility index (Phi) is 4.08. The van der Waals surface area contributed by atoms with Crippen molar-refractivity contribution in [3.8, 4) is 0 Å². The Morgan fingerprint density at radius 2 is 1.85 bits per heavy atom. The van der Waals surface area contributed by atoms with Crippen LogP contribution in [-0.2, 0) is 14.4 Å². The van der Waals surface area contributed by atoms with E-state index in [1.165, 1.54) is 6.92 Å². The lowest BCUT2D eigenvalue weighted by molar-refractivity contribution is -0.124. The Labute approximate surface area is 154 Å². The molecule has 0 aliphatic carbocycles. The average Bonchev–Trinajstić information content (AvgIpc) is 2.98. The molecule has 136 valence electrons. The molecule has 0 radical (unpaired) electrons. The number of imidazole rings is 1. The van der Waals surface area contributed by atoms with Crippen molar-refractivity contribution in [3.05, 3.63) is 48.5 Å². The molecule has 1 atom stereocenters. The van der Waals surface area contributed by atoms with Crippen LogP contribution in [-0.4, -0.2) is 27.3 Å². The summed E-state index contributed by atoms with van der Waals surface area (Å²) in [6.45, 7) is 1.41. The molecule has 4 rings (SSSR count). The van der Waals surface area contributed by atoms with Crippen molar-refractivity contribution in [2.24, 2.45) is 0 Å². The van der Waals surface area contributed by atoms with Crippen molar-refractivity contribution < 1.29 is 14.4 Å². The first-order valence-electron chi connectivity index (χ1n) is 8.46. The number of para-hydroxylation sites is 2. The molecule has 0 saturated heterocycles. The number of hydrogen-bond donors (Lipinski definition) is 3. The summed E-state index contributed by atoms with van der Waals surface area (Å²) in [6.07, 6.45) is 0.0184. The highest BCUT2D eigenvalue weighted by Gasteiger charge is 2.32. The van der Waals surface area contributed by atoms with Gasteiger partial charge in [-0.05, 0) is 30.3 Å². The van der Waals surface area contributed by atoms with Gasteiger partial charge >= 0.3 is 0 Å². The molecular weight excluding hydrogens is 346 g/mol. The van der Waals surface area contributed by atoms with Gasteiger partial charge in [-0.15, -0.1) is 0 Å². The summed E-state index contributed by atoms with van der Waals surface area (Å²) < 4.78 is 1.74. The van der Waals surface area contributed by atoms with Crippen molar-refractivity contribution in [1.82, 2.24) is 9.55 Å². The van der Waals surface area contributed by atoms with Crippen LogP contribution in [0.1, 0.15) is 19.4 Å². The summed E-state index contributed by atoms with van der Waals surface area (Å²) in [5, 5.41) is 8.21. The quantitative estimate of drug-likeness (QED) is 0.665. The van der Waals surface area contributed by atoms with Gasteiger partial charge < -0.3 is 10.6 Å². The number of carbonyl (C=O) groups excluding carboxylic acids is 3. The van der Waals surface area contributed by atoms with Gasteiger partial charge in [0.05, 0.1) is 17.5 Å². The number of nitrogens with one attached hydrogen (secondary N) is 3. The van der Waals surface area contributed by atoms with E-state index in [1.54, 1.807) is 28.8 Å². The molecule has 2 aromatic carbocycles. The van der Waals surface area contributed by atoms with E-state index < -0.39 is 6.04 Å². The van der Waals surface area contributed by atoms with E-state index in [0.717, 1.165) is 5.52 Å². The maximum absolute atomic E-state index is 12.9. The molecule has 8 heteroatoms. The zero-order valence-electron chi connectivity index (χ0n) is 14.5. The van der Waals surface area contributed by atoms with E-state index in [4.69, 9.17) is 0 Å². The third kappa shape index (κ3) is 3.24. The molecule has 8 nitrogen and oxygen atoms in total. The molecule has 3 aromatic rings. The third-order valence-electron chi connectivity index (χ3n) is 4.29. The van der Waals surface area contributed by atoms with Crippen LogP contribution in [0, 0.1) is 0 Å². The van der Waals surface area contributed by atoms with Crippen LogP contribution in [0.4, 0.5) is 17.3 Å². The van der Waals surface area contributed by atoms with Gasteiger partial charge in [0.2, 0.25) is 23.7 Å². The van der Waals surface area contributed by atoms with Crippen molar-refractivity contribution in [2.45, 2.75) is 19.4 Å². The number of hydrogen-bond acceptors (Lipinski definition) is 4. The van der Waals surface area contributed by atoms with Crippen LogP contribution < -0.4 is 16.0 Å². The molecule has 3 amide bonds. The molecule has 0 unspecified atom stereocenters. The largest absolute Gasteiger partial charge is 0.326 e. The highest BCUT2D eigenvalue weighted by Crippen LogP contribution is 2.31. The van der Waals surface area contributed by atoms with Crippen LogP contribution in [0.2, 0.25) is 0 Å². The predicted molar refractivity (Wildman–Crippen MR) is 101 cm³/mol. The van der Waals surface area contributed by atoms with E-state index >= 15 is 0 Å². The fraction of sp³-hybridized carbons (Fsp3) is 0.158. The fourth-order valence-electron chi connectivity index (χ4n) is 3.20. The minimum atomic E-state index is -0.717. The normalized spacial score (nSPS) is 15.7. The number of amides is 3. The second kappa shape index (κ2) is 6.56. The van der Waals surface area contributed by atoms with Gasteiger partial charge in [-0.1, -0.05) is 18.2 Å². The third-order valence-corrected chi connectivity index (χ3v) is 4.29. The first kappa shape index (κ1) is 16.8. The number of anilines is 3. The van der Waals surface area contributed by atoms with Crippen molar-refractivity contribution in [3.63, 3.8) is 0 Å². The lowest BCUT2D eigenvalue weighted by atomic mass is 10.1. The zero-order chi connectivity index (χ0) is 19.0. The highest BCUT2D eigenvalue weighted by molar-refractivity contribution is 6.03. The van der Waals surface area contributed by atoms with Crippen LogP contribution in [0.15, 0.2) is 48.5 Å². The van der Waals surface area contributed by atoms with Gasteiger partial charge in [0.25, 0.3) is 0 Å². The van der Waals surface area contributed by atoms with Gasteiger partial charge in [-0.2, -0.15) is 0 Å². The van der Waals surface area contributed by atoms with E-state index in [1.807, 2.05) is 24.3 Å². The molecule has 3 N–H and O–H groups in total. The molecule has 0 spiro atoms. The second-order valence-electron chi connectivity index (χ2n) is 6.31. The first-order chi connectivity index (χ1) is 13.0. The van der Waals surface area contributed by atoms with Crippen LogP contribution >= 0.6 is 0 Å². The van der Waals surface area contributed by atoms with Crippen LogP contribution in [0.25, 0.3) is 11.0 Å². The van der Waals surface area contributed by atoms with Gasteiger partial charge in [0, 0.05) is 18.3 Å². The van der Waals surface area contributed by atoms with E-state index in [9.17, 15) is 14.4 Å². The highest BCUT2D eigenvalue weighted by atomic mass is 16.2. The minimum absolute atomic E-state index is 0.0184. The number of benzene rings is 2. The molecule has 0 saturated carbocycles. The molecule has 1 aromatic heterocycles. The lowest BCUT2D eigenvalue weighted by Gasteiger charge is -2.25. The number of rotatable bonds is 3. The Morgan fingerprint density at radius 1 is 1.11 bits per heavy atom. The monoisotopic (exact) mass is 363 g/mol. The zero-order valence-corrected chi connectivity index (χ0v) is 14.5. The summed E-state index contributed by atoms with van der Waals surface area (Å²) in [6, 6.07) is 13.5. The molecule has 1 aliphatic rings. The molecule has 1 aliphatic heterocycles. The molecule has 2 heterocycles. The number of aromatic nitrogens is 2. The first-order valence-corrected chi connectivity index (χ1v) is 8.46. The van der Waals surface area contributed by atoms with E-state index in [0.29, 0.717) is 22.8 Å². The number of nitrogens with zero attached hydrogens (tertiary/aromatic N) is 2. The standard InChI is InChI=1S/C19H17N5O3/c1-11(25)20-12-5-4-6-13(9-12)21-18(27)16-10-17(26)23-19-22-14-7-2-3-8-15(14)24(16)19/h2-9,16H,10H2,1H3,(H,20,25)(H,21,27)(H,22,23,26)/t16-/m1/s1. The molecular formula is C19H17N5O3. The summed E-state index contributed by atoms with van der Waals surface area (Å²) in [7, 11) is 0. The lowest BCUT2D eigenvalue weighted by Crippen LogP contribution is -2.35. The maximum atomic E-state index is 12.9. The van der Waals surface area contributed by atoms with Crippen LogP contribution in [0.5, 0.6) is 0 Å². The predicted octanol–water partition coefficient (Wildman–Crippen LogP) is 2.52. The van der Waals surface area contributed by atoms with Crippen molar-refractivity contribution >= 4 is 46.1 Å². The summed E-state index contributed by atoms with van der Waals surface area (Å²) in [4.78, 5) is 40.6. The van der Waals surface area contributed by atoms with Crippen molar-refractivity contribution in [1.29, 1.82) is 0 Å². The van der Waals surface area contributed by atoms with Gasteiger partial charge in [0.15, 0.2) is 0 Å². The smallest absolute Gasteiger partial charge is 0.248 e. The Bertz CT molecular complexity index is 1070.